The third-order valence-corrected chi connectivity index (χ3v) is 11.3. The molecule has 8 rings (SSSR count). The molecule has 2 N–H and O–H groups in total. The number of aliphatic hydroxyl groups is 2. The van der Waals surface area contributed by atoms with Crippen LogP contribution in [0.15, 0.2) is 0 Å². The maximum Gasteiger partial charge on any atom is 0.312 e. The monoisotopic (exact) mass is 638 g/mol. The summed E-state index contributed by atoms with van der Waals surface area (Å²) in [5.74, 6) is -0.993. The van der Waals surface area contributed by atoms with Gasteiger partial charge < -0.3 is 24.4 Å². The standard InChI is InChI=1S/C33H50O8.4CH4/c1-6-24(7-20(2)25(34)39-32-13-21-8-22(14-32)11-30(37,10-21)18-32)26(35)40-33-15-23-9-29(17-33,16-31(38,12-23)19-33)27(36)41-28(3,4)5;;;;/h20-24,37-38H,6-19H2,1-5H3;4*1H4. The molecule has 0 saturated heterocycles. The fourth-order valence-electron chi connectivity index (χ4n) is 10.8. The lowest BCUT2D eigenvalue weighted by Crippen LogP contribution is -2.66. The molecule has 0 aromatic heterocycles. The molecule has 45 heavy (non-hydrogen) atoms. The number of carbonyl (C=O) groups is 3. The minimum Gasteiger partial charge on any atom is -0.460 e. The van der Waals surface area contributed by atoms with Gasteiger partial charge in [-0.2, -0.15) is 0 Å². The highest BCUT2D eigenvalue weighted by Crippen LogP contribution is 2.65. The molecule has 0 amide bonds. The van der Waals surface area contributed by atoms with Crippen molar-refractivity contribution in [3.05, 3.63) is 0 Å². The first-order chi connectivity index (χ1) is 19.0. The van der Waals surface area contributed by atoms with Gasteiger partial charge in [0.15, 0.2) is 0 Å². The Kier molecular flexibility index (Phi) is 11.2. The lowest BCUT2D eigenvalue weighted by Gasteiger charge is -2.63. The Morgan fingerprint density at radius 2 is 1.27 bits per heavy atom. The molecule has 8 bridgehead atoms. The van der Waals surface area contributed by atoms with Crippen molar-refractivity contribution in [1.29, 1.82) is 0 Å². The first-order valence-electron chi connectivity index (χ1n) is 16.1. The average molecular weight is 639 g/mol. The van der Waals surface area contributed by atoms with E-state index in [-0.39, 0.29) is 53.5 Å². The Morgan fingerprint density at radius 1 is 0.733 bits per heavy atom. The summed E-state index contributed by atoms with van der Waals surface area (Å²) in [7, 11) is 0. The number of hydrogen-bond donors (Lipinski definition) is 2. The maximum absolute atomic E-state index is 13.7. The zero-order valence-electron chi connectivity index (χ0n) is 25.6. The molecule has 0 radical (unpaired) electrons. The predicted octanol–water partition coefficient (Wildman–Crippen LogP) is 7.55. The van der Waals surface area contributed by atoms with Crippen LogP contribution < -0.4 is 0 Å². The van der Waals surface area contributed by atoms with Gasteiger partial charge in [0.1, 0.15) is 16.8 Å². The zero-order chi connectivity index (χ0) is 29.6. The molecule has 0 spiro atoms. The van der Waals surface area contributed by atoms with E-state index in [0.29, 0.717) is 69.6 Å². The van der Waals surface area contributed by atoms with Gasteiger partial charge >= 0.3 is 17.9 Å². The third kappa shape index (κ3) is 7.42. The van der Waals surface area contributed by atoms with Crippen LogP contribution in [0.5, 0.6) is 0 Å². The van der Waals surface area contributed by atoms with Crippen LogP contribution in [0, 0.1) is 35.0 Å². The van der Waals surface area contributed by atoms with E-state index < -0.39 is 45.3 Å². The van der Waals surface area contributed by atoms with Gasteiger partial charge in [-0.3, -0.25) is 14.4 Å². The van der Waals surface area contributed by atoms with Crippen molar-refractivity contribution in [3.8, 4) is 0 Å². The number of carbonyl (C=O) groups excluding carboxylic acids is 3. The molecule has 0 aromatic rings. The van der Waals surface area contributed by atoms with Crippen molar-refractivity contribution in [1.82, 2.24) is 0 Å². The summed E-state index contributed by atoms with van der Waals surface area (Å²) in [5, 5.41) is 22.5. The van der Waals surface area contributed by atoms with E-state index in [1.807, 2.05) is 34.6 Å². The molecule has 8 aliphatic rings. The first-order valence-corrected chi connectivity index (χ1v) is 16.1. The fourth-order valence-corrected chi connectivity index (χ4v) is 10.8. The molecule has 8 nitrogen and oxygen atoms in total. The summed E-state index contributed by atoms with van der Waals surface area (Å²) in [6.07, 6.45) is 8.76. The Hall–Kier alpha value is -1.67. The van der Waals surface area contributed by atoms with Crippen LogP contribution in [0.3, 0.4) is 0 Å². The molecular formula is C37H66O8. The van der Waals surface area contributed by atoms with Crippen LogP contribution in [0.2, 0.25) is 0 Å². The summed E-state index contributed by atoms with van der Waals surface area (Å²) in [5.41, 5.74) is -4.70. The molecule has 262 valence electrons. The molecule has 8 saturated carbocycles. The van der Waals surface area contributed by atoms with Crippen LogP contribution in [0.1, 0.15) is 154 Å². The van der Waals surface area contributed by atoms with Crippen molar-refractivity contribution in [2.75, 3.05) is 0 Å². The van der Waals surface area contributed by atoms with Gasteiger partial charge in [0.05, 0.1) is 28.5 Å². The summed E-state index contributed by atoms with van der Waals surface area (Å²) < 4.78 is 18.3. The van der Waals surface area contributed by atoms with Crippen LogP contribution >= 0.6 is 0 Å². The minimum atomic E-state index is -1.04. The van der Waals surface area contributed by atoms with Gasteiger partial charge in [-0.05, 0) is 109 Å². The molecular weight excluding hydrogens is 572 g/mol. The van der Waals surface area contributed by atoms with E-state index >= 15 is 0 Å². The number of esters is 3. The van der Waals surface area contributed by atoms with E-state index in [9.17, 15) is 24.6 Å². The van der Waals surface area contributed by atoms with Gasteiger partial charge in [-0.15, -0.1) is 0 Å². The van der Waals surface area contributed by atoms with Gasteiger partial charge in [-0.1, -0.05) is 43.6 Å². The summed E-state index contributed by atoms with van der Waals surface area (Å²) in [6.45, 7) is 9.28. The summed E-state index contributed by atoms with van der Waals surface area (Å²) >= 11 is 0. The average Bonchev–Trinajstić information content (AvgIpc) is 2.77. The Morgan fingerprint density at radius 3 is 1.80 bits per heavy atom. The summed E-state index contributed by atoms with van der Waals surface area (Å²) in [4.78, 5) is 40.5. The van der Waals surface area contributed by atoms with Crippen molar-refractivity contribution in [2.45, 2.75) is 182 Å². The van der Waals surface area contributed by atoms with Gasteiger partial charge in [0.2, 0.25) is 0 Å². The van der Waals surface area contributed by atoms with E-state index in [0.717, 1.165) is 32.1 Å². The molecule has 8 unspecified atom stereocenters. The second kappa shape index (κ2) is 12.7. The summed E-state index contributed by atoms with van der Waals surface area (Å²) in [6, 6.07) is 0. The highest BCUT2D eigenvalue weighted by molar-refractivity contribution is 5.79. The lowest BCUT2D eigenvalue weighted by atomic mass is 9.46. The molecule has 8 heteroatoms. The number of hydrogen-bond acceptors (Lipinski definition) is 8. The fraction of sp³-hybridized carbons (Fsp3) is 0.919. The van der Waals surface area contributed by atoms with E-state index in [1.165, 1.54) is 0 Å². The quantitative estimate of drug-likeness (QED) is 0.207. The Bertz CT molecular complexity index is 1100. The second-order valence-corrected chi connectivity index (χ2v) is 16.7. The van der Waals surface area contributed by atoms with E-state index in [1.54, 1.807) is 0 Å². The lowest BCUT2D eigenvalue weighted by molar-refractivity contribution is -0.252. The highest BCUT2D eigenvalue weighted by atomic mass is 16.6. The van der Waals surface area contributed by atoms with E-state index in [2.05, 4.69) is 0 Å². The van der Waals surface area contributed by atoms with Gasteiger partial charge in [0, 0.05) is 19.3 Å². The Balaban J connectivity index is 0.00000176. The Labute approximate surface area is 273 Å². The van der Waals surface area contributed by atoms with Gasteiger partial charge in [-0.25, -0.2) is 0 Å². The molecule has 8 aliphatic carbocycles. The highest BCUT2D eigenvalue weighted by Gasteiger charge is 2.68. The van der Waals surface area contributed by atoms with E-state index in [4.69, 9.17) is 14.2 Å². The maximum atomic E-state index is 13.7. The van der Waals surface area contributed by atoms with Crippen LogP contribution in [0.4, 0.5) is 0 Å². The second-order valence-electron chi connectivity index (χ2n) is 16.7. The molecule has 8 fully saturated rings. The normalized spacial score (nSPS) is 41.3. The molecule has 0 aliphatic heterocycles. The number of rotatable bonds is 8. The van der Waals surface area contributed by atoms with Crippen molar-refractivity contribution in [2.24, 2.45) is 35.0 Å². The van der Waals surface area contributed by atoms with Crippen molar-refractivity contribution >= 4 is 17.9 Å². The molecule has 0 aromatic carbocycles. The van der Waals surface area contributed by atoms with Crippen molar-refractivity contribution < 1.29 is 38.8 Å². The first kappa shape index (κ1) is 39.5. The minimum absolute atomic E-state index is 0. The topological polar surface area (TPSA) is 119 Å². The molecule has 8 atom stereocenters. The predicted molar refractivity (Wildman–Crippen MR) is 176 cm³/mol. The van der Waals surface area contributed by atoms with Crippen molar-refractivity contribution in [3.63, 3.8) is 0 Å². The number of ether oxygens (including phenoxy) is 3. The largest absolute Gasteiger partial charge is 0.460 e. The smallest absolute Gasteiger partial charge is 0.312 e. The zero-order valence-corrected chi connectivity index (χ0v) is 25.6. The van der Waals surface area contributed by atoms with Gasteiger partial charge in [0.25, 0.3) is 0 Å². The van der Waals surface area contributed by atoms with Crippen LogP contribution in [-0.2, 0) is 28.6 Å². The van der Waals surface area contributed by atoms with Crippen LogP contribution in [0.25, 0.3) is 0 Å². The SMILES string of the molecule is C.C.C.C.CCC(CC(C)C(=O)OC12CC3CC(CC(O)(C3)C1)C2)C(=O)OC12CC3CC(O)(C1)CC(C(=O)OC(C)(C)C)(C3)C2. The van der Waals surface area contributed by atoms with Crippen LogP contribution in [-0.4, -0.2) is 56.1 Å². The third-order valence-electron chi connectivity index (χ3n) is 11.3. The molecule has 0 heterocycles.